The van der Waals surface area contributed by atoms with Crippen LogP contribution in [0.1, 0.15) is 28.4 Å². The van der Waals surface area contributed by atoms with Gasteiger partial charge in [0.15, 0.2) is 11.6 Å². The first-order valence-corrected chi connectivity index (χ1v) is 12.1. The lowest BCUT2D eigenvalue weighted by Gasteiger charge is -2.37. The normalized spacial score (nSPS) is 25.7. The number of rotatable bonds is 3. The fourth-order valence-electron chi connectivity index (χ4n) is 6.10. The number of para-hydroxylation sites is 1. The average molecular weight is 531 g/mol. The molecule has 0 aromatic heterocycles. The Balaban J connectivity index is 1.65. The highest BCUT2D eigenvalue weighted by molar-refractivity contribution is 9.10. The number of nitrogens with zero attached hydrogens (tertiary/aromatic N) is 1. The van der Waals surface area contributed by atoms with Gasteiger partial charge in [-0.3, -0.25) is 14.4 Å². The summed E-state index contributed by atoms with van der Waals surface area (Å²) in [5, 5.41) is 2.97. The van der Waals surface area contributed by atoms with E-state index in [9.17, 15) is 18.8 Å². The molecule has 1 amide bonds. The molecule has 0 saturated carbocycles. The molecule has 4 atom stereocenters. The van der Waals surface area contributed by atoms with Gasteiger partial charge in [0.1, 0.15) is 11.2 Å². The molecule has 174 valence electrons. The smallest absolute Gasteiger partial charge is 0.238 e. The summed E-state index contributed by atoms with van der Waals surface area (Å²) in [6.07, 6.45) is 3.60. The van der Waals surface area contributed by atoms with Crippen molar-refractivity contribution in [3.05, 3.63) is 99.8 Å². The summed E-state index contributed by atoms with van der Waals surface area (Å²) in [5.74, 6) is -2.22. The third-order valence-electron chi connectivity index (χ3n) is 7.42. The maximum Gasteiger partial charge on any atom is 0.238 e. The molecule has 0 bridgehead atoms. The summed E-state index contributed by atoms with van der Waals surface area (Å²) in [4.78, 5) is 43.3. The van der Waals surface area contributed by atoms with Crippen molar-refractivity contribution < 1.29 is 18.8 Å². The van der Waals surface area contributed by atoms with Crippen LogP contribution in [0.15, 0.2) is 77.3 Å². The van der Waals surface area contributed by atoms with Gasteiger partial charge >= 0.3 is 0 Å². The highest BCUT2D eigenvalue weighted by Crippen LogP contribution is 2.57. The Labute approximate surface area is 209 Å². The minimum Gasteiger partial charge on any atom is -0.352 e. The number of fused-ring (bicyclic) bond motifs is 6. The van der Waals surface area contributed by atoms with E-state index >= 15 is 0 Å². The van der Waals surface area contributed by atoms with Crippen LogP contribution in [0.2, 0.25) is 0 Å². The van der Waals surface area contributed by atoms with Crippen LogP contribution in [0.3, 0.4) is 0 Å². The Morgan fingerprint density at radius 3 is 2.54 bits per heavy atom. The number of anilines is 2. The largest absolute Gasteiger partial charge is 0.352 e. The van der Waals surface area contributed by atoms with Gasteiger partial charge in [0.25, 0.3) is 0 Å². The van der Waals surface area contributed by atoms with E-state index in [1.807, 2.05) is 35.2 Å². The molecular weight excluding hydrogens is 511 g/mol. The van der Waals surface area contributed by atoms with Gasteiger partial charge in [-0.25, -0.2) is 4.39 Å². The summed E-state index contributed by atoms with van der Waals surface area (Å²) < 4.78 is 14.9. The van der Waals surface area contributed by atoms with Gasteiger partial charge in [-0.2, -0.15) is 0 Å². The molecule has 3 aromatic rings. The van der Waals surface area contributed by atoms with Crippen LogP contribution < -0.4 is 10.2 Å². The highest BCUT2D eigenvalue weighted by atomic mass is 79.9. The third kappa shape index (κ3) is 2.94. The number of Topliss-reactive ketones (excluding diaryl/α,β-unsaturated/α-hetero) is 2. The zero-order valence-electron chi connectivity index (χ0n) is 18.7. The van der Waals surface area contributed by atoms with E-state index in [2.05, 4.69) is 21.2 Å². The van der Waals surface area contributed by atoms with Gasteiger partial charge in [-0.15, -0.1) is 0 Å². The van der Waals surface area contributed by atoms with Gasteiger partial charge in [-0.05, 0) is 48.9 Å². The van der Waals surface area contributed by atoms with E-state index in [0.717, 1.165) is 4.47 Å². The first-order valence-electron chi connectivity index (χ1n) is 11.3. The van der Waals surface area contributed by atoms with Gasteiger partial charge in [0, 0.05) is 27.0 Å². The maximum absolute atomic E-state index is 14.2. The number of carbonyl (C=O) groups excluding carboxylic acids is 3. The first kappa shape index (κ1) is 21.9. The van der Waals surface area contributed by atoms with Crippen molar-refractivity contribution in [1.82, 2.24) is 0 Å². The molecule has 3 aromatic carbocycles. The number of carbonyl (C=O) groups is 3. The minimum atomic E-state index is -1.33. The van der Waals surface area contributed by atoms with Crippen LogP contribution in [0, 0.1) is 11.7 Å². The standard InChI is InChI=1S/C28H20BrFN2O3/c1-15(33)25-24(26(34)16-6-9-18(29)10-7-16)28(20-4-2-3-5-21(20)31-27(28)35)23-13-8-17-14-19(30)11-12-22(17)32(23)25/h2-14,23-25H,1H3,(H,31,35)/t23-,24+,25+,28+/m0/s1. The Morgan fingerprint density at radius 1 is 1.06 bits per heavy atom. The Bertz CT molecular complexity index is 1450. The summed E-state index contributed by atoms with van der Waals surface area (Å²) >= 11 is 3.40. The first-order chi connectivity index (χ1) is 16.8. The van der Waals surface area contributed by atoms with Crippen molar-refractivity contribution in [3.63, 3.8) is 0 Å². The van der Waals surface area contributed by atoms with Gasteiger partial charge in [0.2, 0.25) is 5.91 Å². The van der Waals surface area contributed by atoms with Crippen molar-refractivity contribution in [2.75, 3.05) is 10.2 Å². The molecule has 3 heterocycles. The quantitative estimate of drug-likeness (QED) is 0.475. The molecule has 6 rings (SSSR count). The minimum absolute atomic E-state index is 0.231. The predicted molar refractivity (Wildman–Crippen MR) is 135 cm³/mol. The van der Waals surface area contributed by atoms with E-state index in [0.29, 0.717) is 28.1 Å². The monoisotopic (exact) mass is 530 g/mol. The lowest BCUT2D eigenvalue weighted by Crippen LogP contribution is -2.51. The van der Waals surface area contributed by atoms with E-state index in [1.54, 1.807) is 36.4 Å². The number of amides is 1. The van der Waals surface area contributed by atoms with Crippen LogP contribution in [0.5, 0.6) is 0 Å². The summed E-state index contributed by atoms with van der Waals surface area (Å²) in [5.41, 5.74) is 1.64. The van der Waals surface area contributed by atoms with Crippen molar-refractivity contribution >= 4 is 50.9 Å². The zero-order valence-corrected chi connectivity index (χ0v) is 20.3. The molecule has 0 aliphatic carbocycles. The number of hydrogen-bond donors (Lipinski definition) is 1. The highest BCUT2D eigenvalue weighted by Gasteiger charge is 2.69. The molecular formula is C28H20BrFN2O3. The van der Waals surface area contributed by atoms with E-state index in [4.69, 9.17) is 0 Å². The molecule has 1 N–H and O–H groups in total. The van der Waals surface area contributed by atoms with Crippen molar-refractivity contribution in [1.29, 1.82) is 0 Å². The summed E-state index contributed by atoms with van der Waals surface area (Å²) in [6.45, 7) is 1.45. The van der Waals surface area contributed by atoms with Crippen molar-refractivity contribution in [2.24, 2.45) is 5.92 Å². The second kappa shape index (κ2) is 7.71. The van der Waals surface area contributed by atoms with Gasteiger partial charge in [0.05, 0.1) is 18.0 Å². The maximum atomic E-state index is 14.2. The van der Waals surface area contributed by atoms with E-state index in [1.165, 1.54) is 19.1 Å². The van der Waals surface area contributed by atoms with E-state index in [-0.39, 0.29) is 17.5 Å². The number of benzene rings is 3. The average Bonchev–Trinajstić information content (AvgIpc) is 3.32. The molecule has 0 unspecified atom stereocenters. The molecule has 0 radical (unpaired) electrons. The van der Waals surface area contributed by atoms with Crippen LogP contribution in [-0.4, -0.2) is 29.6 Å². The van der Waals surface area contributed by atoms with Crippen molar-refractivity contribution in [3.8, 4) is 0 Å². The molecule has 3 aliphatic heterocycles. The fraction of sp³-hybridized carbons (Fsp3) is 0.179. The second-order valence-corrected chi connectivity index (χ2v) is 10.1. The number of ketones is 2. The molecule has 5 nitrogen and oxygen atoms in total. The van der Waals surface area contributed by atoms with E-state index < -0.39 is 29.2 Å². The van der Waals surface area contributed by atoms with Crippen molar-refractivity contribution in [2.45, 2.75) is 24.4 Å². The molecule has 1 spiro atoms. The zero-order chi connectivity index (χ0) is 24.5. The van der Waals surface area contributed by atoms with Crippen LogP contribution in [0.4, 0.5) is 15.8 Å². The number of halogens is 2. The number of nitrogens with one attached hydrogen (secondary N) is 1. The lowest BCUT2D eigenvalue weighted by molar-refractivity contribution is -0.122. The molecule has 7 heteroatoms. The summed E-state index contributed by atoms with van der Waals surface area (Å²) in [7, 11) is 0. The molecule has 1 saturated heterocycles. The second-order valence-electron chi connectivity index (χ2n) is 9.19. The lowest BCUT2D eigenvalue weighted by atomic mass is 9.64. The SMILES string of the molecule is CC(=O)[C@@H]1[C@H](C(=O)c2ccc(Br)cc2)[C@]2(C(=O)Nc3ccccc32)[C@@H]2C=Cc3cc(F)ccc3N12. The molecule has 35 heavy (non-hydrogen) atoms. The Kier molecular flexibility index (Phi) is 4.83. The van der Waals surface area contributed by atoms with Crippen LogP contribution in [-0.2, 0) is 15.0 Å². The van der Waals surface area contributed by atoms with Gasteiger partial charge < -0.3 is 10.2 Å². The third-order valence-corrected chi connectivity index (χ3v) is 7.95. The topological polar surface area (TPSA) is 66.5 Å². The molecule has 3 aliphatic rings. The number of hydrogen-bond acceptors (Lipinski definition) is 4. The fourth-order valence-corrected chi connectivity index (χ4v) is 6.36. The Hall–Kier alpha value is -3.58. The van der Waals surface area contributed by atoms with Gasteiger partial charge in [-0.1, -0.05) is 58.4 Å². The Morgan fingerprint density at radius 2 is 1.80 bits per heavy atom. The van der Waals surface area contributed by atoms with Crippen LogP contribution in [0.25, 0.3) is 6.08 Å². The molecule has 1 fully saturated rings. The summed E-state index contributed by atoms with van der Waals surface area (Å²) in [6, 6.07) is 17.1. The predicted octanol–water partition coefficient (Wildman–Crippen LogP) is 5.15. The van der Waals surface area contributed by atoms with Crippen LogP contribution >= 0.6 is 15.9 Å².